The topological polar surface area (TPSA) is 134 Å². The Bertz CT molecular complexity index is 1080. The molecule has 1 saturated heterocycles. The lowest BCUT2D eigenvalue weighted by Gasteiger charge is -2.29. The molecule has 10 nitrogen and oxygen atoms in total. The van der Waals surface area contributed by atoms with Crippen molar-refractivity contribution in [3.8, 4) is 0 Å². The first-order chi connectivity index (χ1) is 19.0. The number of carbonyl (C=O) groups is 5. The van der Waals surface area contributed by atoms with Crippen LogP contribution in [0.1, 0.15) is 101 Å². The molecule has 2 aliphatic heterocycles. The average Bonchev–Trinajstić information content (AvgIpc) is 3.23. The van der Waals surface area contributed by atoms with E-state index in [1.807, 2.05) is 26.8 Å². The van der Waals surface area contributed by atoms with Crippen LogP contribution in [0.5, 0.6) is 0 Å². The van der Waals surface area contributed by atoms with Gasteiger partial charge in [0.25, 0.3) is 5.91 Å². The lowest BCUT2D eigenvalue weighted by Crippen LogP contribution is -2.52. The maximum atomic E-state index is 12.9. The third kappa shape index (κ3) is 9.73. The molecule has 10 heteroatoms. The van der Waals surface area contributed by atoms with E-state index in [9.17, 15) is 24.0 Å². The highest BCUT2D eigenvalue weighted by Crippen LogP contribution is 2.32. The number of Topliss-reactive ketones (excluding diaryl/α,β-unsaturated/α-hetero) is 1. The molecule has 2 heterocycles. The van der Waals surface area contributed by atoms with Crippen molar-refractivity contribution in [3.05, 3.63) is 29.3 Å². The summed E-state index contributed by atoms with van der Waals surface area (Å²) >= 11 is 0. The van der Waals surface area contributed by atoms with Gasteiger partial charge in [-0.1, -0.05) is 38.2 Å². The molecule has 1 aromatic carbocycles. The summed E-state index contributed by atoms with van der Waals surface area (Å²) in [7, 11) is 0. The van der Waals surface area contributed by atoms with Crippen molar-refractivity contribution in [2.75, 3.05) is 25.0 Å². The van der Waals surface area contributed by atoms with E-state index in [0.717, 1.165) is 56.2 Å². The fourth-order valence-electron chi connectivity index (χ4n) is 4.93. The first-order valence-corrected chi connectivity index (χ1v) is 14.5. The molecule has 1 unspecified atom stereocenters. The number of piperidine rings is 1. The fourth-order valence-corrected chi connectivity index (χ4v) is 4.93. The Morgan fingerprint density at radius 3 is 2.42 bits per heavy atom. The van der Waals surface area contributed by atoms with Crippen LogP contribution in [0.4, 0.5) is 5.69 Å². The van der Waals surface area contributed by atoms with E-state index in [2.05, 4.69) is 16.0 Å². The third-order valence-corrected chi connectivity index (χ3v) is 7.15. The SMILES string of the molecule is CC(C)(C)OCC(=O)NCCCCCCCCCC(=O)CNc1cccc2c1CN(C1CCC(=O)NC1=O)C2=O. The molecule has 0 saturated carbocycles. The summed E-state index contributed by atoms with van der Waals surface area (Å²) < 4.78 is 5.46. The van der Waals surface area contributed by atoms with Gasteiger partial charge in [-0.05, 0) is 52.2 Å². The van der Waals surface area contributed by atoms with Crippen LogP contribution in [0, 0.1) is 0 Å². The lowest BCUT2D eigenvalue weighted by atomic mass is 10.0. The van der Waals surface area contributed by atoms with Crippen molar-refractivity contribution in [1.82, 2.24) is 15.5 Å². The molecule has 0 aromatic heterocycles. The summed E-state index contributed by atoms with van der Waals surface area (Å²) in [5.41, 5.74) is 1.72. The average molecular weight is 557 g/mol. The van der Waals surface area contributed by atoms with E-state index in [-0.39, 0.29) is 55.2 Å². The molecule has 0 radical (unpaired) electrons. The zero-order chi connectivity index (χ0) is 29.1. The number of imide groups is 1. The molecular formula is C30H44N4O6. The zero-order valence-corrected chi connectivity index (χ0v) is 24.1. The van der Waals surface area contributed by atoms with Gasteiger partial charge in [-0.3, -0.25) is 29.3 Å². The number of nitrogens with one attached hydrogen (secondary N) is 3. The predicted octanol–water partition coefficient (Wildman–Crippen LogP) is 3.48. The second-order valence-corrected chi connectivity index (χ2v) is 11.6. The minimum Gasteiger partial charge on any atom is -0.378 e. The van der Waals surface area contributed by atoms with Crippen LogP contribution in [0.2, 0.25) is 0 Å². The number of hydrogen-bond acceptors (Lipinski definition) is 7. The number of anilines is 1. The van der Waals surface area contributed by atoms with Gasteiger partial charge in [-0.2, -0.15) is 0 Å². The van der Waals surface area contributed by atoms with Crippen LogP contribution in [-0.4, -0.2) is 65.7 Å². The minimum atomic E-state index is -0.661. The number of nitrogens with zero attached hydrogens (tertiary/aromatic N) is 1. The van der Waals surface area contributed by atoms with Gasteiger partial charge >= 0.3 is 0 Å². The number of fused-ring (bicyclic) bond motifs is 1. The zero-order valence-electron chi connectivity index (χ0n) is 24.1. The Hall–Kier alpha value is -3.27. The number of ether oxygens (including phenoxy) is 1. The molecule has 40 heavy (non-hydrogen) atoms. The van der Waals surface area contributed by atoms with Gasteiger partial charge in [-0.25, -0.2) is 0 Å². The van der Waals surface area contributed by atoms with Gasteiger partial charge in [0.2, 0.25) is 17.7 Å². The molecule has 3 rings (SSSR count). The van der Waals surface area contributed by atoms with Crippen molar-refractivity contribution in [2.24, 2.45) is 0 Å². The fraction of sp³-hybridized carbons (Fsp3) is 0.633. The van der Waals surface area contributed by atoms with Gasteiger partial charge in [0.1, 0.15) is 12.6 Å². The van der Waals surface area contributed by atoms with E-state index in [1.165, 1.54) is 4.90 Å². The number of benzene rings is 1. The van der Waals surface area contributed by atoms with Crippen LogP contribution >= 0.6 is 0 Å². The first kappa shape index (κ1) is 31.3. The normalized spacial score (nSPS) is 17.0. The second kappa shape index (κ2) is 14.9. The Balaban J connectivity index is 1.26. The molecule has 2 aliphatic rings. The van der Waals surface area contributed by atoms with Crippen molar-refractivity contribution in [3.63, 3.8) is 0 Å². The maximum Gasteiger partial charge on any atom is 0.255 e. The van der Waals surface area contributed by atoms with Crippen LogP contribution < -0.4 is 16.0 Å². The summed E-state index contributed by atoms with van der Waals surface area (Å²) in [5, 5.41) is 8.39. The summed E-state index contributed by atoms with van der Waals surface area (Å²) in [6.07, 6.45) is 8.20. The highest BCUT2D eigenvalue weighted by Gasteiger charge is 2.39. The Kier molecular flexibility index (Phi) is 11.7. The van der Waals surface area contributed by atoms with E-state index in [0.29, 0.717) is 24.9 Å². The van der Waals surface area contributed by atoms with Crippen molar-refractivity contribution < 1.29 is 28.7 Å². The van der Waals surface area contributed by atoms with Gasteiger partial charge in [0.05, 0.1) is 12.1 Å². The number of unbranched alkanes of at least 4 members (excludes halogenated alkanes) is 6. The summed E-state index contributed by atoms with van der Waals surface area (Å²) in [5.74, 6) is -0.932. The smallest absolute Gasteiger partial charge is 0.255 e. The molecular weight excluding hydrogens is 512 g/mol. The number of amides is 4. The molecule has 0 aliphatic carbocycles. The summed E-state index contributed by atoms with van der Waals surface area (Å²) in [6.45, 7) is 7.00. The van der Waals surface area contributed by atoms with Crippen molar-refractivity contribution in [2.45, 2.75) is 103 Å². The van der Waals surface area contributed by atoms with E-state index < -0.39 is 11.9 Å². The highest BCUT2D eigenvalue weighted by atomic mass is 16.5. The lowest BCUT2D eigenvalue weighted by molar-refractivity contribution is -0.137. The van der Waals surface area contributed by atoms with Crippen molar-refractivity contribution in [1.29, 1.82) is 0 Å². The molecule has 1 fully saturated rings. The summed E-state index contributed by atoms with van der Waals surface area (Å²) in [6, 6.07) is 4.69. The minimum absolute atomic E-state index is 0.0755. The number of rotatable bonds is 16. The Morgan fingerprint density at radius 1 is 1.02 bits per heavy atom. The van der Waals surface area contributed by atoms with Crippen LogP contribution in [0.25, 0.3) is 0 Å². The van der Waals surface area contributed by atoms with E-state index in [1.54, 1.807) is 12.1 Å². The summed E-state index contributed by atoms with van der Waals surface area (Å²) in [4.78, 5) is 62.4. The molecule has 220 valence electrons. The number of carbonyl (C=O) groups excluding carboxylic acids is 5. The third-order valence-electron chi connectivity index (χ3n) is 7.15. The predicted molar refractivity (Wildman–Crippen MR) is 152 cm³/mol. The first-order valence-electron chi connectivity index (χ1n) is 14.5. The Morgan fingerprint density at radius 2 is 1.73 bits per heavy atom. The monoisotopic (exact) mass is 556 g/mol. The largest absolute Gasteiger partial charge is 0.378 e. The van der Waals surface area contributed by atoms with E-state index in [4.69, 9.17) is 4.74 Å². The van der Waals surface area contributed by atoms with Crippen molar-refractivity contribution >= 4 is 35.1 Å². The van der Waals surface area contributed by atoms with Gasteiger partial charge in [0, 0.05) is 42.7 Å². The number of ketones is 1. The quantitative estimate of drug-likeness (QED) is 0.210. The molecule has 1 atom stereocenters. The van der Waals surface area contributed by atoms with Crippen LogP contribution in [0.15, 0.2) is 18.2 Å². The van der Waals surface area contributed by atoms with Gasteiger partial charge in [0.15, 0.2) is 5.78 Å². The van der Waals surface area contributed by atoms with Gasteiger partial charge < -0.3 is 20.3 Å². The molecule has 4 amide bonds. The highest BCUT2D eigenvalue weighted by molar-refractivity contribution is 6.06. The van der Waals surface area contributed by atoms with Gasteiger partial charge in [-0.15, -0.1) is 0 Å². The van der Waals surface area contributed by atoms with E-state index >= 15 is 0 Å². The molecule has 3 N–H and O–H groups in total. The maximum absolute atomic E-state index is 12.9. The molecule has 1 aromatic rings. The Labute approximate surface area is 237 Å². The molecule has 0 spiro atoms. The molecule has 0 bridgehead atoms. The standard InChI is InChI=1S/C30H44N4O6/c1-30(2,3)40-20-27(37)31-17-10-8-6-4-5-7-9-12-21(35)18-32-24-14-11-13-22-23(24)19-34(29(22)39)25-15-16-26(36)33-28(25)38/h11,13-14,25,32H,4-10,12,15-20H2,1-3H3,(H,31,37)(H,33,36,38). The number of hydrogen-bond donors (Lipinski definition) is 3. The second-order valence-electron chi connectivity index (χ2n) is 11.6. The van der Waals surface area contributed by atoms with Crippen LogP contribution in [0.3, 0.4) is 0 Å². The van der Waals surface area contributed by atoms with Crippen LogP contribution in [-0.2, 0) is 30.5 Å².